The van der Waals surface area contributed by atoms with E-state index >= 15 is 0 Å². The quantitative estimate of drug-likeness (QED) is 0.876. The number of methoxy groups -OCH3 is 2. The van der Waals surface area contributed by atoms with Crippen LogP contribution in [-0.2, 0) is 9.47 Å². The summed E-state index contributed by atoms with van der Waals surface area (Å²) in [7, 11) is 3.31. The molecule has 0 amide bonds. The molecule has 0 radical (unpaired) electrons. The largest absolute Gasteiger partial charge is 0.496 e. The highest BCUT2D eigenvalue weighted by Crippen LogP contribution is 2.40. The summed E-state index contributed by atoms with van der Waals surface area (Å²) in [5, 5.41) is 3.44. The van der Waals surface area contributed by atoms with Gasteiger partial charge in [-0.3, -0.25) is 0 Å². The lowest BCUT2D eigenvalue weighted by Gasteiger charge is -2.43. The van der Waals surface area contributed by atoms with Crippen molar-refractivity contribution in [2.45, 2.75) is 31.4 Å². The van der Waals surface area contributed by atoms with Crippen molar-refractivity contribution in [3.05, 3.63) is 29.6 Å². The van der Waals surface area contributed by atoms with E-state index in [2.05, 4.69) is 5.32 Å². The summed E-state index contributed by atoms with van der Waals surface area (Å²) in [6.07, 6.45) is 1.53. The molecule has 1 aliphatic heterocycles. The summed E-state index contributed by atoms with van der Waals surface area (Å²) >= 11 is 0. The van der Waals surface area contributed by atoms with Gasteiger partial charge in [0.25, 0.3) is 0 Å². The molecule has 1 atom stereocenters. The first-order valence-corrected chi connectivity index (χ1v) is 7.36. The van der Waals surface area contributed by atoms with Gasteiger partial charge in [-0.1, -0.05) is 6.92 Å². The van der Waals surface area contributed by atoms with E-state index in [1.807, 2.05) is 6.92 Å². The van der Waals surface area contributed by atoms with Crippen LogP contribution in [0.1, 0.15) is 31.4 Å². The molecule has 1 aliphatic rings. The van der Waals surface area contributed by atoms with Crippen LogP contribution in [0.2, 0.25) is 0 Å². The highest BCUT2D eigenvalue weighted by Gasteiger charge is 2.42. The maximum atomic E-state index is 13.7. The van der Waals surface area contributed by atoms with Crippen molar-refractivity contribution in [1.82, 2.24) is 5.32 Å². The van der Waals surface area contributed by atoms with Crippen molar-refractivity contribution in [1.29, 1.82) is 0 Å². The van der Waals surface area contributed by atoms with Gasteiger partial charge < -0.3 is 19.5 Å². The lowest BCUT2D eigenvalue weighted by molar-refractivity contribution is -0.111. The molecule has 1 unspecified atom stereocenters. The zero-order valence-corrected chi connectivity index (χ0v) is 12.9. The smallest absolute Gasteiger partial charge is 0.123 e. The van der Waals surface area contributed by atoms with Crippen LogP contribution in [0.3, 0.4) is 0 Å². The molecule has 2 rings (SSSR count). The van der Waals surface area contributed by atoms with Gasteiger partial charge in [0, 0.05) is 38.7 Å². The fourth-order valence-electron chi connectivity index (χ4n) is 3.04. The molecular formula is C16H24FNO3. The predicted molar refractivity (Wildman–Crippen MR) is 79.2 cm³/mol. The first-order valence-electron chi connectivity index (χ1n) is 7.36. The van der Waals surface area contributed by atoms with Gasteiger partial charge in [0.1, 0.15) is 11.6 Å². The molecule has 21 heavy (non-hydrogen) atoms. The van der Waals surface area contributed by atoms with Crippen molar-refractivity contribution < 1.29 is 18.6 Å². The monoisotopic (exact) mass is 297 g/mol. The highest BCUT2D eigenvalue weighted by molar-refractivity contribution is 5.38. The molecule has 1 aromatic carbocycles. The Balaban J connectivity index is 2.44. The van der Waals surface area contributed by atoms with Crippen LogP contribution >= 0.6 is 0 Å². The van der Waals surface area contributed by atoms with Gasteiger partial charge in [0.15, 0.2) is 0 Å². The van der Waals surface area contributed by atoms with E-state index in [0.717, 1.165) is 24.9 Å². The molecule has 1 aromatic rings. The van der Waals surface area contributed by atoms with Crippen LogP contribution in [0.15, 0.2) is 18.2 Å². The van der Waals surface area contributed by atoms with Gasteiger partial charge in [0.2, 0.25) is 0 Å². The van der Waals surface area contributed by atoms with E-state index in [-0.39, 0.29) is 11.9 Å². The minimum absolute atomic E-state index is 0.137. The molecule has 1 heterocycles. The minimum Gasteiger partial charge on any atom is -0.496 e. The fraction of sp³-hybridized carbons (Fsp3) is 0.625. The lowest BCUT2D eigenvalue weighted by Crippen LogP contribution is -2.49. The summed E-state index contributed by atoms with van der Waals surface area (Å²) in [5.74, 6) is 0.400. The summed E-state index contributed by atoms with van der Waals surface area (Å²) < 4.78 is 30.5. The van der Waals surface area contributed by atoms with Crippen LogP contribution in [0.25, 0.3) is 0 Å². The van der Waals surface area contributed by atoms with Gasteiger partial charge in [-0.15, -0.1) is 0 Å². The van der Waals surface area contributed by atoms with Gasteiger partial charge >= 0.3 is 0 Å². The van der Waals surface area contributed by atoms with Crippen LogP contribution in [-0.4, -0.2) is 39.6 Å². The standard InChI is InChI=1S/C16H24FNO3/c1-4-18-15(16(20-3)7-9-21-10-8-16)13-11-12(17)5-6-14(13)19-2/h5-6,11,15,18H,4,7-10H2,1-3H3. The van der Waals surface area contributed by atoms with Crippen LogP contribution < -0.4 is 10.1 Å². The molecule has 4 nitrogen and oxygen atoms in total. The third kappa shape index (κ3) is 3.36. The Morgan fingerprint density at radius 3 is 2.62 bits per heavy atom. The Bertz CT molecular complexity index is 461. The second-order valence-corrected chi connectivity index (χ2v) is 5.26. The van der Waals surface area contributed by atoms with Crippen LogP contribution in [0.4, 0.5) is 4.39 Å². The number of benzene rings is 1. The molecule has 1 N–H and O–H groups in total. The van der Waals surface area contributed by atoms with Gasteiger partial charge in [-0.25, -0.2) is 4.39 Å². The van der Waals surface area contributed by atoms with E-state index in [9.17, 15) is 4.39 Å². The van der Waals surface area contributed by atoms with E-state index in [1.165, 1.54) is 12.1 Å². The Hall–Kier alpha value is -1.17. The Morgan fingerprint density at radius 2 is 2.05 bits per heavy atom. The molecule has 118 valence electrons. The number of hydrogen-bond acceptors (Lipinski definition) is 4. The topological polar surface area (TPSA) is 39.7 Å². The fourth-order valence-corrected chi connectivity index (χ4v) is 3.04. The van der Waals surface area contributed by atoms with Crippen LogP contribution in [0.5, 0.6) is 5.75 Å². The van der Waals surface area contributed by atoms with Crippen molar-refractivity contribution >= 4 is 0 Å². The van der Waals surface area contributed by atoms with E-state index in [1.54, 1.807) is 20.3 Å². The number of likely N-dealkylation sites (N-methyl/N-ethyl adjacent to an activating group) is 1. The summed E-state index contributed by atoms with van der Waals surface area (Å²) in [4.78, 5) is 0. The molecule has 0 bridgehead atoms. The maximum absolute atomic E-state index is 13.7. The lowest BCUT2D eigenvalue weighted by atomic mass is 9.81. The van der Waals surface area contributed by atoms with E-state index in [4.69, 9.17) is 14.2 Å². The average Bonchev–Trinajstić information content (AvgIpc) is 2.53. The SMILES string of the molecule is CCNC(c1cc(F)ccc1OC)C1(OC)CCOCC1. The number of ether oxygens (including phenoxy) is 3. The predicted octanol–water partition coefficient (Wildman–Crippen LogP) is 2.68. The number of halogens is 1. The summed E-state index contributed by atoms with van der Waals surface area (Å²) in [5.41, 5.74) is 0.387. The molecule has 0 aromatic heterocycles. The highest BCUT2D eigenvalue weighted by atomic mass is 19.1. The normalized spacial score (nSPS) is 19.2. The third-order valence-corrected chi connectivity index (χ3v) is 4.18. The second-order valence-electron chi connectivity index (χ2n) is 5.26. The van der Waals surface area contributed by atoms with Crippen molar-refractivity contribution in [2.75, 3.05) is 34.0 Å². The van der Waals surface area contributed by atoms with Crippen LogP contribution in [0, 0.1) is 5.82 Å². The molecule has 5 heteroatoms. The van der Waals surface area contributed by atoms with Gasteiger partial charge in [-0.2, -0.15) is 0 Å². The Morgan fingerprint density at radius 1 is 1.33 bits per heavy atom. The van der Waals surface area contributed by atoms with E-state index in [0.29, 0.717) is 19.0 Å². The first kappa shape index (κ1) is 16.2. The average molecular weight is 297 g/mol. The number of rotatable bonds is 6. The van der Waals surface area contributed by atoms with E-state index < -0.39 is 5.60 Å². The summed E-state index contributed by atoms with van der Waals surface area (Å²) in [6, 6.07) is 4.47. The number of hydrogen-bond donors (Lipinski definition) is 1. The minimum atomic E-state index is -0.407. The Kier molecular flexibility index (Phi) is 5.56. The van der Waals surface area contributed by atoms with Crippen molar-refractivity contribution in [2.24, 2.45) is 0 Å². The first-order chi connectivity index (χ1) is 10.2. The molecular weight excluding hydrogens is 273 g/mol. The molecule has 0 saturated carbocycles. The Labute approximate surface area is 125 Å². The zero-order valence-electron chi connectivity index (χ0n) is 12.9. The third-order valence-electron chi connectivity index (χ3n) is 4.18. The number of nitrogens with one attached hydrogen (secondary N) is 1. The zero-order chi connectivity index (χ0) is 15.3. The van der Waals surface area contributed by atoms with Gasteiger partial charge in [-0.05, 0) is 24.7 Å². The summed E-state index contributed by atoms with van der Waals surface area (Å²) in [6.45, 7) is 4.08. The molecule has 0 aliphatic carbocycles. The molecule has 0 spiro atoms. The van der Waals surface area contributed by atoms with Crippen molar-refractivity contribution in [3.63, 3.8) is 0 Å². The van der Waals surface area contributed by atoms with Crippen molar-refractivity contribution in [3.8, 4) is 5.75 Å². The molecule has 1 saturated heterocycles. The maximum Gasteiger partial charge on any atom is 0.123 e. The second kappa shape index (κ2) is 7.20. The molecule has 1 fully saturated rings. The van der Waals surface area contributed by atoms with Gasteiger partial charge in [0.05, 0.1) is 18.8 Å².